The number of nitrogen functional groups attached to an aromatic ring is 2. The number of hydrazone groups is 1. The number of hydrogen-bond acceptors (Lipinski definition) is 5. The van der Waals surface area contributed by atoms with Crippen LogP contribution in [-0.4, -0.2) is 6.21 Å². The second-order valence-corrected chi connectivity index (χ2v) is 6.43. The molecule has 7 heteroatoms. The van der Waals surface area contributed by atoms with Crippen molar-refractivity contribution in [2.75, 3.05) is 15.9 Å². The summed E-state index contributed by atoms with van der Waals surface area (Å²) in [4.78, 5) is 0. The van der Waals surface area contributed by atoms with Gasteiger partial charge < -0.3 is 11.5 Å². The van der Waals surface area contributed by atoms with Gasteiger partial charge in [-0.3, -0.25) is 0 Å². The summed E-state index contributed by atoms with van der Waals surface area (Å²) in [7, 11) is 0. The number of nitrogens with two attached hydrogens (primary N) is 2. The molecule has 0 radical (unpaired) electrons. The van der Waals surface area contributed by atoms with Crippen molar-refractivity contribution in [3.8, 4) is 0 Å². The van der Waals surface area contributed by atoms with Crippen molar-refractivity contribution < 1.29 is 0 Å². The van der Waals surface area contributed by atoms with Crippen LogP contribution in [0.4, 0.5) is 17.1 Å². The first kappa shape index (κ1) is 14.4. The number of anilines is 3. The third-order valence-corrected chi connectivity index (χ3v) is 4.86. The summed E-state index contributed by atoms with van der Waals surface area (Å²) in [6.45, 7) is 0. The van der Waals surface area contributed by atoms with Crippen LogP contribution in [0.1, 0.15) is 10.8 Å². The molecule has 1 heterocycles. The van der Waals surface area contributed by atoms with Crippen LogP contribution in [-0.2, 0) is 0 Å². The van der Waals surface area contributed by atoms with Crippen molar-refractivity contribution >= 4 is 58.4 Å². The van der Waals surface area contributed by atoms with Crippen molar-refractivity contribution in [3.05, 3.63) is 52.0 Å². The van der Waals surface area contributed by atoms with Crippen LogP contribution >= 0.6 is 35.1 Å². The predicted octanol–water partition coefficient (Wildman–Crippen LogP) is 4.35. The lowest BCUT2D eigenvalue weighted by Gasteiger charge is -2.15. The highest BCUT2D eigenvalue weighted by Crippen LogP contribution is 2.41. The Morgan fingerprint density at radius 2 is 1.67 bits per heavy atom. The van der Waals surface area contributed by atoms with E-state index in [0.29, 0.717) is 21.4 Å². The fraction of sp³-hybridized carbons (Fsp3) is 0.0714. The van der Waals surface area contributed by atoms with Crippen molar-refractivity contribution in [2.24, 2.45) is 5.10 Å². The van der Waals surface area contributed by atoms with Crippen LogP contribution in [0.15, 0.2) is 41.5 Å². The Balaban J connectivity index is 1.80. The monoisotopic (exact) mass is 338 g/mol. The second-order valence-electron chi connectivity index (χ2n) is 4.55. The standard InChI is InChI=1S/C14H12Cl2N4S/c15-10-5-8(1-3-12(10)17)14-7-19-20(21-14)9-2-4-13(18)11(16)6-9/h1-7,14H,17-18H2. The molecule has 108 valence electrons. The molecule has 0 saturated carbocycles. The van der Waals surface area contributed by atoms with Crippen LogP contribution < -0.4 is 15.9 Å². The molecule has 2 aromatic rings. The molecule has 1 aliphatic rings. The van der Waals surface area contributed by atoms with Gasteiger partial charge >= 0.3 is 0 Å². The molecule has 0 bridgehead atoms. The summed E-state index contributed by atoms with van der Waals surface area (Å²) < 4.78 is 1.81. The first-order valence-electron chi connectivity index (χ1n) is 6.15. The van der Waals surface area contributed by atoms with E-state index in [2.05, 4.69) is 5.10 Å². The lowest BCUT2D eigenvalue weighted by atomic mass is 10.1. The average molecular weight is 339 g/mol. The molecule has 0 aromatic heterocycles. The first-order chi connectivity index (χ1) is 10.0. The maximum absolute atomic E-state index is 6.06. The molecule has 2 aromatic carbocycles. The second kappa shape index (κ2) is 5.67. The molecule has 1 aliphatic heterocycles. The Hall–Kier alpha value is -1.56. The summed E-state index contributed by atoms with van der Waals surface area (Å²) >= 11 is 13.7. The van der Waals surface area contributed by atoms with Gasteiger partial charge in [-0.15, -0.1) is 0 Å². The van der Waals surface area contributed by atoms with Crippen molar-refractivity contribution in [2.45, 2.75) is 5.25 Å². The first-order valence-corrected chi connectivity index (χ1v) is 7.75. The van der Waals surface area contributed by atoms with Gasteiger partial charge in [0.1, 0.15) is 0 Å². The molecule has 1 atom stereocenters. The molecule has 0 saturated heterocycles. The molecular weight excluding hydrogens is 327 g/mol. The van der Waals surface area contributed by atoms with Gasteiger partial charge in [0.05, 0.1) is 32.4 Å². The molecule has 3 rings (SSSR count). The Morgan fingerprint density at radius 1 is 1.00 bits per heavy atom. The molecule has 1 unspecified atom stereocenters. The van der Waals surface area contributed by atoms with Gasteiger partial charge in [-0.1, -0.05) is 29.3 Å². The highest BCUT2D eigenvalue weighted by atomic mass is 35.5. The normalized spacial score (nSPS) is 17.4. The molecule has 0 amide bonds. The minimum absolute atomic E-state index is 0.0828. The quantitative estimate of drug-likeness (QED) is 0.630. The number of nitrogens with zero attached hydrogens (tertiary/aromatic N) is 2. The summed E-state index contributed by atoms with van der Waals surface area (Å²) in [5, 5.41) is 5.53. The van der Waals surface area contributed by atoms with E-state index in [9.17, 15) is 0 Å². The Morgan fingerprint density at radius 3 is 2.33 bits per heavy atom. The molecule has 0 aliphatic carbocycles. The Kier molecular flexibility index (Phi) is 3.89. The van der Waals surface area contributed by atoms with Crippen molar-refractivity contribution in [1.29, 1.82) is 0 Å². The lowest BCUT2D eigenvalue weighted by Crippen LogP contribution is -2.02. The van der Waals surface area contributed by atoms with Crippen molar-refractivity contribution in [3.63, 3.8) is 0 Å². The maximum Gasteiger partial charge on any atom is 0.0887 e. The van der Waals surface area contributed by atoms with Crippen LogP contribution in [0.5, 0.6) is 0 Å². The van der Waals surface area contributed by atoms with Gasteiger partial charge in [0, 0.05) is 6.21 Å². The fourth-order valence-electron chi connectivity index (χ4n) is 1.91. The zero-order valence-electron chi connectivity index (χ0n) is 10.8. The zero-order chi connectivity index (χ0) is 15.0. The van der Waals surface area contributed by atoms with Gasteiger partial charge in [0.25, 0.3) is 0 Å². The van der Waals surface area contributed by atoms with E-state index >= 15 is 0 Å². The number of hydrogen-bond donors (Lipinski definition) is 2. The fourth-order valence-corrected chi connectivity index (χ4v) is 3.21. The topological polar surface area (TPSA) is 67.6 Å². The van der Waals surface area contributed by atoms with Crippen LogP contribution in [0.2, 0.25) is 10.0 Å². The third kappa shape index (κ3) is 2.90. The van der Waals surface area contributed by atoms with E-state index in [1.807, 2.05) is 24.4 Å². The average Bonchev–Trinajstić information content (AvgIpc) is 2.94. The van der Waals surface area contributed by atoms with Crippen molar-refractivity contribution in [1.82, 2.24) is 0 Å². The van der Waals surface area contributed by atoms with E-state index in [1.165, 1.54) is 0 Å². The maximum atomic E-state index is 6.06. The third-order valence-electron chi connectivity index (χ3n) is 3.08. The lowest BCUT2D eigenvalue weighted by molar-refractivity contribution is 1.23. The summed E-state index contributed by atoms with van der Waals surface area (Å²) in [5.41, 5.74) is 14.5. The molecule has 4 nitrogen and oxygen atoms in total. The number of halogens is 2. The van der Waals surface area contributed by atoms with Crippen LogP contribution in [0, 0.1) is 0 Å². The van der Waals surface area contributed by atoms with Crippen LogP contribution in [0.25, 0.3) is 0 Å². The predicted molar refractivity (Wildman–Crippen MR) is 93.0 cm³/mol. The summed E-state index contributed by atoms with van der Waals surface area (Å²) in [5.74, 6) is 0. The van der Waals surface area contributed by atoms with Gasteiger partial charge in [-0.25, -0.2) is 4.41 Å². The van der Waals surface area contributed by atoms with E-state index in [0.717, 1.165) is 11.3 Å². The number of rotatable bonds is 2. The highest BCUT2D eigenvalue weighted by Gasteiger charge is 2.22. The minimum atomic E-state index is 0.0828. The summed E-state index contributed by atoms with van der Waals surface area (Å²) in [6, 6.07) is 11.0. The molecule has 0 spiro atoms. The zero-order valence-corrected chi connectivity index (χ0v) is 13.2. The Bertz CT molecular complexity index is 661. The smallest absolute Gasteiger partial charge is 0.0887 e. The number of benzene rings is 2. The molecule has 21 heavy (non-hydrogen) atoms. The summed E-state index contributed by atoms with van der Waals surface area (Å²) in [6.07, 6.45) is 1.86. The van der Waals surface area contributed by atoms with E-state index < -0.39 is 0 Å². The largest absolute Gasteiger partial charge is 0.398 e. The Labute approximate surface area is 136 Å². The SMILES string of the molecule is Nc1ccc(C2C=NN(c3ccc(N)c(Cl)c3)S2)cc1Cl. The highest BCUT2D eigenvalue weighted by molar-refractivity contribution is 8.01. The van der Waals surface area contributed by atoms with Gasteiger partial charge in [-0.05, 0) is 47.8 Å². The van der Waals surface area contributed by atoms with Gasteiger partial charge in [-0.2, -0.15) is 5.10 Å². The minimum Gasteiger partial charge on any atom is -0.398 e. The van der Waals surface area contributed by atoms with Crippen LogP contribution in [0.3, 0.4) is 0 Å². The van der Waals surface area contributed by atoms with Gasteiger partial charge in [0.2, 0.25) is 0 Å². The van der Waals surface area contributed by atoms with Gasteiger partial charge in [0.15, 0.2) is 0 Å². The molecule has 4 N–H and O–H groups in total. The van der Waals surface area contributed by atoms with E-state index in [1.54, 1.807) is 34.6 Å². The van der Waals surface area contributed by atoms with E-state index in [4.69, 9.17) is 34.7 Å². The molecule has 0 fully saturated rings. The van der Waals surface area contributed by atoms with E-state index in [-0.39, 0.29) is 5.25 Å². The molecular formula is C14H12Cl2N4S.